The number of halogens is 4. The van der Waals surface area contributed by atoms with Crippen molar-refractivity contribution in [1.82, 2.24) is 0 Å². The number of rotatable bonds is 7. The van der Waals surface area contributed by atoms with Gasteiger partial charge in [-0.3, -0.25) is 4.79 Å². The van der Waals surface area contributed by atoms with E-state index in [0.29, 0.717) is 22.2 Å². The van der Waals surface area contributed by atoms with Gasteiger partial charge in [-0.15, -0.1) is 11.3 Å². The molecule has 1 aliphatic rings. The average molecular weight is 787 g/mol. The molecule has 1 aromatic heterocycles. The maximum atomic E-state index is 13.4. The number of nitrogens with one attached hydrogen (secondary N) is 1. The zero-order valence-corrected chi connectivity index (χ0v) is 26.7. The van der Waals surface area contributed by atoms with Crippen LogP contribution in [0, 0.1) is 7.14 Å². The molecule has 0 saturated heterocycles. The first-order chi connectivity index (χ1) is 18.4. The van der Waals surface area contributed by atoms with Gasteiger partial charge in [0.15, 0.2) is 0 Å². The number of aryl methyl sites for hydroxylation is 1. The first-order valence-corrected chi connectivity index (χ1v) is 15.7. The van der Waals surface area contributed by atoms with Crippen molar-refractivity contribution in [2.45, 2.75) is 32.3 Å². The van der Waals surface area contributed by atoms with Crippen molar-refractivity contribution in [3.05, 3.63) is 105 Å². The van der Waals surface area contributed by atoms with E-state index < -0.39 is 0 Å². The molecule has 0 fully saturated rings. The second kappa shape index (κ2) is 12.7. The minimum absolute atomic E-state index is 0.115. The number of benzene rings is 3. The molecule has 0 unspecified atom stereocenters. The minimum Gasteiger partial charge on any atom is -0.487 e. The van der Waals surface area contributed by atoms with Gasteiger partial charge < -0.3 is 10.1 Å². The summed E-state index contributed by atoms with van der Waals surface area (Å²) in [6.45, 7) is 0.340. The largest absolute Gasteiger partial charge is 0.487 e. The normalized spacial score (nSPS) is 12.9. The fourth-order valence-electron chi connectivity index (χ4n) is 4.33. The zero-order valence-electron chi connectivity index (χ0n) is 20.1. The number of fused-ring (bicyclic) bond motifs is 1. The van der Waals surface area contributed by atoms with Crippen LogP contribution in [0.25, 0.3) is 0 Å². The highest BCUT2D eigenvalue weighted by Crippen LogP contribution is 2.40. The lowest BCUT2D eigenvalue weighted by Crippen LogP contribution is -2.14. The molecule has 0 saturated carbocycles. The predicted molar refractivity (Wildman–Crippen MR) is 175 cm³/mol. The number of aliphatic imine (C=N–C) groups is 1. The number of amides is 1. The third-order valence-corrected chi connectivity index (χ3v) is 9.50. The third-order valence-electron chi connectivity index (χ3n) is 6.14. The van der Waals surface area contributed by atoms with Gasteiger partial charge in [-0.1, -0.05) is 47.5 Å². The molecule has 38 heavy (non-hydrogen) atoms. The summed E-state index contributed by atoms with van der Waals surface area (Å²) in [5.74, 6) is 0.619. The van der Waals surface area contributed by atoms with E-state index in [1.807, 2.05) is 54.7 Å². The lowest BCUT2D eigenvalue weighted by atomic mass is 9.95. The van der Waals surface area contributed by atoms with Gasteiger partial charge in [0.05, 0.1) is 19.2 Å². The zero-order chi connectivity index (χ0) is 26.6. The Morgan fingerprint density at radius 2 is 1.82 bits per heavy atom. The molecule has 3 aromatic carbocycles. The molecule has 194 valence electrons. The Bertz CT molecular complexity index is 1520. The molecular formula is C29H22Cl2I2N2O2S. The number of ether oxygens (including phenoxy) is 1. The van der Waals surface area contributed by atoms with Gasteiger partial charge in [-0.25, -0.2) is 4.99 Å². The number of nitrogens with zero attached hydrogens (tertiary/aromatic N) is 1. The number of hydrogen-bond acceptors (Lipinski definition) is 4. The van der Waals surface area contributed by atoms with Crippen molar-refractivity contribution in [3.8, 4) is 5.75 Å². The van der Waals surface area contributed by atoms with Crippen molar-refractivity contribution in [2.75, 3.05) is 5.32 Å². The summed E-state index contributed by atoms with van der Waals surface area (Å²) in [7, 11) is 0. The molecule has 0 radical (unpaired) electrons. The average Bonchev–Trinajstić information content (AvgIpc) is 3.28. The predicted octanol–water partition coefficient (Wildman–Crippen LogP) is 9.72. The Morgan fingerprint density at radius 3 is 2.61 bits per heavy atom. The molecule has 0 bridgehead atoms. The maximum Gasteiger partial charge on any atom is 0.259 e. The number of anilines is 1. The highest BCUT2D eigenvalue weighted by molar-refractivity contribution is 14.1. The summed E-state index contributed by atoms with van der Waals surface area (Å²) in [6.07, 6.45) is 5.92. The number of carbonyl (C=O) groups is 1. The first kappa shape index (κ1) is 27.9. The van der Waals surface area contributed by atoms with E-state index in [0.717, 1.165) is 66.0 Å². The monoisotopic (exact) mass is 786 g/mol. The van der Waals surface area contributed by atoms with Gasteiger partial charge in [0, 0.05) is 25.9 Å². The van der Waals surface area contributed by atoms with Crippen LogP contribution in [0.4, 0.5) is 10.7 Å². The van der Waals surface area contributed by atoms with Crippen LogP contribution < -0.4 is 10.1 Å². The van der Waals surface area contributed by atoms with Crippen LogP contribution in [-0.4, -0.2) is 12.1 Å². The third kappa shape index (κ3) is 6.55. The van der Waals surface area contributed by atoms with Crippen molar-refractivity contribution >= 4 is 103 Å². The molecule has 4 aromatic rings. The molecule has 1 aliphatic carbocycles. The Hall–Kier alpha value is -1.66. The van der Waals surface area contributed by atoms with Crippen LogP contribution in [0.2, 0.25) is 10.0 Å². The van der Waals surface area contributed by atoms with E-state index in [-0.39, 0.29) is 5.91 Å². The van der Waals surface area contributed by atoms with E-state index >= 15 is 0 Å². The van der Waals surface area contributed by atoms with Gasteiger partial charge in [0.2, 0.25) is 0 Å². The number of carbonyl (C=O) groups excluding carboxylic acids is 1. The molecule has 9 heteroatoms. The number of hydrogen-bond donors (Lipinski definition) is 1. The topological polar surface area (TPSA) is 50.7 Å². The summed E-state index contributed by atoms with van der Waals surface area (Å²) in [5, 5.41) is 4.79. The highest BCUT2D eigenvalue weighted by Gasteiger charge is 2.25. The molecule has 5 rings (SSSR count). The van der Waals surface area contributed by atoms with E-state index in [9.17, 15) is 4.79 Å². The van der Waals surface area contributed by atoms with E-state index in [2.05, 4.69) is 56.6 Å². The van der Waals surface area contributed by atoms with Crippen LogP contribution in [-0.2, 0) is 19.4 Å². The highest BCUT2D eigenvalue weighted by atomic mass is 127. The Balaban J connectivity index is 1.46. The summed E-state index contributed by atoms with van der Waals surface area (Å²) >= 11 is 18.4. The van der Waals surface area contributed by atoms with E-state index in [4.69, 9.17) is 32.9 Å². The molecule has 0 spiro atoms. The number of para-hydroxylation sites is 1. The van der Waals surface area contributed by atoms with Gasteiger partial charge in [0.25, 0.3) is 5.91 Å². The van der Waals surface area contributed by atoms with E-state index in [1.54, 1.807) is 17.4 Å². The van der Waals surface area contributed by atoms with Crippen molar-refractivity contribution in [3.63, 3.8) is 0 Å². The van der Waals surface area contributed by atoms with Crippen LogP contribution in [0.1, 0.15) is 44.8 Å². The standard InChI is InChI=1S/C29H22Cl2I2N2O2S/c30-22-11-10-17(12-23(22)31)16-37-27-18(13-19(32)14-24(27)33)15-34-29-26(21-8-4-5-9-25(21)38-29)28(36)35-20-6-2-1-3-7-20/h1-3,6-7,10-15H,4-5,8-9,16H2,(H,35,36). The van der Waals surface area contributed by atoms with Crippen molar-refractivity contribution in [1.29, 1.82) is 0 Å². The van der Waals surface area contributed by atoms with Gasteiger partial charge in [0.1, 0.15) is 17.4 Å². The van der Waals surface area contributed by atoms with Gasteiger partial charge in [-0.2, -0.15) is 0 Å². The maximum absolute atomic E-state index is 13.4. The summed E-state index contributed by atoms with van der Waals surface area (Å²) in [6, 6.07) is 19.1. The lowest BCUT2D eigenvalue weighted by Gasteiger charge is -2.13. The fourth-order valence-corrected chi connectivity index (χ4v) is 7.93. The molecule has 1 amide bonds. The Morgan fingerprint density at radius 1 is 1.03 bits per heavy atom. The SMILES string of the molecule is O=C(Nc1ccccc1)c1c(N=Cc2cc(I)cc(I)c2OCc2ccc(Cl)c(Cl)c2)sc2c1CCCC2. The summed E-state index contributed by atoms with van der Waals surface area (Å²) in [5.41, 5.74) is 4.36. The first-order valence-electron chi connectivity index (χ1n) is 12.0. The molecule has 1 N–H and O–H groups in total. The molecule has 0 aliphatic heterocycles. The minimum atomic E-state index is -0.115. The molecule has 4 nitrogen and oxygen atoms in total. The van der Waals surface area contributed by atoms with Crippen LogP contribution in [0.15, 0.2) is 65.7 Å². The van der Waals surface area contributed by atoms with Gasteiger partial charge >= 0.3 is 0 Å². The molecule has 1 heterocycles. The van der Waals surface area contributed by atoms with Crippen molar-refractivity contribution in [2.24, 2.45) is 4.99 Å². The molecule has 0 atom stereocenters. The van der Waals surface area contributed by atoms with Crippen molar-refractivity contribution < 1.29 is 9.53 Å². The summed E-state index contributed by atoms with van der Waals surface area (Å²) < 4.78 is 8.30. The van der Waals surface area contributed by atoms with E-state index in [1.165, 1.54) is 4.88 Å². The fraction of sp³-hybridized carbons (Fsp3) is 0.172. The Labute approximate surface area is 263 Å². The quantitative estimate of drug-likeness (QED) is 0.150. The van der Waals surface area contributed by atoms with Gasteiger partial charge in [-0.05, 0) is 118 Å². The van der Waals surface area contributed by atoms with Crippen LogP contribution in [0.3, 0.4) is 0 Å². The lowest BCUT2D eigenvalue weighted by molar-refractivity contribution is 0.102. The molecular weight excluding hydrogens is 765 g/mol. The smallest absolute Gasteiger partial charge is 0.259 e. The number of thiophene rings is 1. The van der Waals surface area contributed by atoms with Crippen LogP contribution in [0.5, 0.6) is 5.75 Å². The Kier molecular flexibility index (Phi) is 9.30. The second-order valence-corrected chi connectivity index (χ2v) is 13.1. The summed E-state index contributed by atoms with van der Waals surface area (Å²) in [4.78, 5) is 19.6. The van der Waals surface area contributed by atoms with Crippen LogP contribution >= 0.6 is 79.7 Å². The second-order valence-electron chi connectivity index (χ2n) is 8.81.